The van der Waals surface area contributed by atoms with Crippen LogP contribution >= 0.6 is 11.3 Å². The number of carbonyl (C=O) groups excluding carboxylic acids is 3. The zero-order valence-corrected chi connectivity index (χ0v) is 32.6. The highest BCUT2D eigenvalue weighted by Gasteiger charge is 2.21. The summed E-state index contributed by atoms with van der Waals surface area (Å²) in [6.45, 7) is 9.98. The number of benzene rings is 4. The summed E-state index contributed by atoms with van der Waals surface area (Å²) < 4.78 is 39.8. The first kappa shape index (κ1) is 42.6. The van der Waals surface area contributed by atoms with Crippen molar-refractivity contribution in [3.8, 4) is 39.6 Å². The van der Waals surface area contributed by atoms with Crippen LogP contribution in [-0.4, -0.2) is 67.1 Å². The third-order valence-corrected chi connectivity index (χ3v) is 9.30. The van der Waals surface area contributed by atoms with Gasteiger partial charge in [-0.1, -0.05) is 32.2 Å². The first-order chi connectivity index (χ1) is 28.2. The van der Waals surface area contributed by atoms with Gasteiger partial charge in [-0.25, -0.2) is 19.4 Å². The van der Waals surface area contributed by atoms with Crippen LogP contribution in [0.3, 0.4) is 0 Å². The number of aliphatic hydroxyl groups is 1. The van der Waals surface area contributed by atoms with Gasteiger partial charge in [-0.3, -0.25) is 0 Å². The Morgan fingerprint density at radius 1 is 0.828 bits per heavy atom. The molecule has 0 bridgehead atoms. The summed E-state index contributed by atoms with van der Waals surface area (Å²) in [5.74, 6) is -0.217. The minimum atomic E-state index is -1.32. The topological polar surface area (TPSA) is 173 Å². The number of nitriles is 1. The highest BCUT2D eigenvalue weighted by Crippen LogP contribution is 2.42. The number of ether oxygens (including phenoxy) is 7. The van der Waals surface area contributed by atoms with E-state index in [1.165, 1.54) is 23.5 Å². The average Bonchev–Trinajstić information content (AvgIpc) is 3.72. The molecular weight excluding hydrogens is 765 g/mol. The van der Waals surface area contributed by atoms with E-state index in [0.717, 1.165) is 24.1 Å². The van der Waals surface area contributed by atoms with Crippen molar-refractivity contribution in [2.75, 3.05) is 33.0 Å². The smallest absolute Gasteiger partial charge is 0.343 e. The Morgan fingerprint density at radius 3 is 2.19 bits per heavy atom. The van der Waals surface area contributed by atoms with Crippen LogP contribution in [0.25, 0.3) is 20.8 Å². The van der Waals surface area contributed by atoms with E-state index in [1.54, 1.807) is 72.8 Å². The fourth-order valence-corrected chi connectivity index (χ4v) is 6.24. The summed E-state index contributed by atoms with van der Waals surface area (Å²) in [5, 5.41) is 20.9. The number of aromatic nitrogens is 1. The van der Waals surface area contributed by atoms with Crippen LogP contribution in [0.15, 0.2) is 110 Å². The molecule has 2 atom stereocenters. The summed E-state index contributed by atoms with van der Waals surface area (Å²) in [6.07, 6.45) is 2.15. The molecule has 1 aromatic heterocycles. The van der Waals surface area contributed by atoms with Gasteiger partial charge in [0.2, 0.25) is 6.29 Å². The number of carbonyl (C=O) groups is 3. The molecule has 4 aromatic carbocycles. The van der Waals surface area contributed by atoms with Gasteiger partial charge in [-0.2, -0.15) is 5.26 Å². The molecular formula is C44H42N2O11S. The number of nitrogens with zero attached hydrogens (tertiary/aromatic N) is 2. The van der Waals surface area contributed by atoms with Crippen LogP contribution in [0.1, 0.15) is 54.0 Å². The van der Waals surface area contributed by atoms with Gasteiger partial charge in [0.05, 0.1) is 37.0 Å². The SMILES string of the molecule is C=CC(=O)OCCCCOCC(COc1ccc(C(=O)Oc2ccc(OC(O)c3ccc(OCCC)cc3)c3sc(-c4ccc(C#N)cc4)nc23)cc1)OC(=O)C=C. The summed E-state index contributed by atoms with van der Waals surface area (Å²) >= 11 is 1.28. The molecule has 0 radical (unpaired) electrons. The third kappa shape index (κ3) is 12.2. The van der Waals surface area contributed by atoms with Gasteiger partial charge in [0.25, 0.3) is 0 Å². The molecule has 58 heavy (non-hydrogen) atoms. The highest BCUT2D eigenvalue weighted by molar-refractivity contribution is 7.22. The lowest BCUT2D eigenvalue weighted by Crippen LogP contribution is -2.29. The first-order valence-corrected chi connectivity index (χ1v) is 19.2. The predicted octanol–water partition coefficient (Wildman–Crippen LogP) is 7.92. The lowest BCUT2D eigenvalue weighted by Gasteiger charge is -2.18. The van der Waals surface area contributed by atoms with Gasteiger partial charge >= 0.3 is 17.9 Å². The van der Waals surface area contributed by atoms with Crippen molar-refractivity contribution in [2.45, 2.75) is 38.6 Å². The quantitative estimate of drug-likeness (QED) is 0.0235. The maximum absolute atomic E-state index is 13.4. The van der Waals surface area contributed by atoms with Crippen molar-refractivity contribution >= 4 is 39.5 Å². The maximum atomic E-state index is 13.4. The number of aliphatic hydroxyl groups excluding tert-OH is 1. The molecule has 0 fully saturated rings. The molecule has 0 saturated carbocycles. The van der Waals surface area contributed by atoms with Crippen molar-refractivity contribution < 1.29 is 52.6 Å². The number of esters is 3. The van der Waals surface area contributed by atoms with Crippen LogP contribution < -0.4 is 18.9 Å². The second-order valence-corrected chi connectivity index (χ2v) is 13.5. The average molecular weight is 807 g/mol. The van der Waals surface area contributed by atoms with E-state index >= 15 is 0 Å². The van der Waals surface area contributed by atoms with Gasteiger partial charge in [0.1, 0.15) is 39.1 Å². The molecule has 1 heterocycles. The van der Waals surface area contributed by atoms with Crippen molar-refractivity contribution in [3.05, 3.63) is 127 Å². The zero-order valence-electron chi connectivity index (χ0n) is 31.8. The van der Waals surface area contributed by atoms with E-state index in [-0.39, 0.29) is 31.1 Å². The molecule has 13 nitrogen and oxygen atoms in total. The summed E-state index contributed by atoms with van der Waals surface area (Å²) in [6, 6.07) is 25.4. The van der Waals surface area contributed by atoms with Crippen LogP contribution in [0.5, 0.6) is 23.0 Å². The second-order valence-electron chi connectivity index (χ2n) is 12.5. The minimum Gasteiger partial charge on any atom is -0.494 e. The Hall–Kier alpha value is -6.53. The number of thiazole rings is 1. The minimum absolute atomic E-state index is 0.0362. The lowest BCUT2D eigenvalue weighted by molar-refractivity contribution is -0.148. The molecule has 5 rings (SSSR count). The molecule has 0 saturated heterocycles. The zero-order chi connectivity index (χ0) is 41.3. The molecule has 300 valence electrons. The van der Waals surface area contributed by atoms with Crippen LogP contribution in [-0.2, 0) is 23.8 Å². The number of hydrogen-bond donors (Lipinski definition) is 1. The van der Waals surface area contributed by atoms with E-state index in [1.807, 2.05) is 6.92 Å². The first-order valence-electron chi connectivity index (χ1n) is 18.4. The molecule has 2 unspecified atom stereocenters. The van der Waals surface area contributed by atoms with Gasteiger partial charge in [-0.15, -0.1) is 11.3 Å². The van der Waals surface area contributed by atoms with Crippen molar-refractivity contribution in [2.24, 2.45) is 0 Å². The molecule has 1 N–H and O–H groups in total. The lowest BCUT2D eigenvalue weighted by atomic mass is 10.1. The summed E-state index contributed by atoms with van der Waals surface area (Å²) in [5.41, 5.74) is 2.30. The standard InChI is InChI=1S/C44H42N2O11S/c1-4-23-52-33-17-13-32(14-18-33)44(50)57-37-22-21-36(40-41(37)58-42(46-40)30-11-9-29(26-45)10-12-30)56-43(49)31-15-19-34(20-16-31)54-28-35(55-39(48)6-3)27-51-24-7-8-25-53-38(47)5-2/h5-6,9-22,35,44,50H,2-4,7-8,23-25,27-28H2,1H3. The molecule has 0 spiro atoms. The van der Waals surface area contributed by atoms with Gasteiger partial charge < -0.3 is 38.3 Å². The van der Waals surface area contributed by atoms with Crippen LogP contribution in [0.2, 0.25) is 0 Å². The van der Waals surface area contributed by atoms with Crippen molar-refractivity contribution in [1.82, 2.24) is 4.98 Å². The third-order valence-electron chi connectivity index (χ3n) is 8.18. The Labute approximate surface area is 339 Å². The number of hydrogen-bond acceptors (Lipinski definition) is 14. The Bertz CT molecular complexity index is 2210. The normalized spacial score (nSPS) is 11.7. The molecule has 0 amide bonds. The molecule has 0 aliphatic carbocycles. The Kier molecular flexibility index (Phi) is 15.9. The van der Waals surface area contributed by atoms with E-state index in [4.69, 9.17) is 38.1 Å². The predicted molar refractivity (Wildman–Crippen MR) is 216 cm³/mol. The molecule has 0 aliphatic rings. The van der Waals surface area contributed by atoms with Gasteiger partial charge in [0.15, 0.2) is 11.9 Å². The maximum Gasteiger partial charge on any atom is 0.343 e. The highest BCUT2D eigenvalue weighted by atomic mass is 32.1. The van der Waals surface area contributed by atoms with E-state index in [9.17, 15) is 24.8 Å². The fourth-order valence-electron chi connectivity index (χ4n) is 5.20. The summed E-state index contributed by atoms with van der Waals surface area (Å²) in [4.78, 5) is 41.3. The van der Waals surface area contributed by atoms with Crippen LogP contribution in [0, 0.1) is 11.3 Å². The van der Waals surface area contributed by atoms with E-state index < -0.39 is 30.3 Å². The Balaban J connectivity index is 1.26. The van der Waals surface area contributed by atoms with Crippen LogP contribution in [0.4, 0.5) is 0 Å². The van der Waals surface area contributed by atoms with Crippen molar-refractivity contribution in [1.29, 1.82) is 5.26 Å². The second kappa shape index (κ2) is 21.7. The molecule has 5 aromatic rings. The molecule has 0 aliphatic heterocycles. The largest absolute Gasteiger partial charge is 0.494 e. The number of fused-ring (bicyclic) bond motifs is 1. The monoisotopic (exact) mass is 806 g/mol. The Morgan fingerprint density at radius 2 is 1.50 bits per heavy atom. The summed E-state index contributed by atoms with van der Waals surface area (Å²) in [7, 11) is 0. The van der Waals surface area contributed by atoms with E-state index in [0.29, 0.717) is 69.7 Å². The fraction of sp³-hybridized carbons (Fsp3) is 0.250. The van der Waals surface area contributed by atoms with Crippen molar-refractivity contribution in [3.63, 3.8) is 0 Å². The molecule has 14 heteroatoms. The number of rotatable bonds is 22. The van der Waals surface area contributed by atoms with Gasteiger partial charge in [-0.05, 0) is 92.1 Å². The van der Waals surface area contributed by atoms with Gasteiger partial charge in [0, 0.05) is 29.9 Å². The van der Waals surface area contributed by atoms with E-state index in [2.05, 4.69) is 19.2 Å². The number of unbranched alkanes of at least 4 members (excludes halogenated alkanes) is 1.